The van der Waals surface area contributed by atoms with Crippen LogP contribution in [0, 0.1) is 0 Å². The van der Waals surface area contributed by atoms with Crippen LogP contribution in [0.3, 0.4) is 0 Å². The van der Waals surface area contributed by atoms with E-state index < -0.39 is 0 Å². The molecule has 0 bridgehead atoms. The first-order valence-corrected chi connectivity index (χ1v) is 8.76. The van der Waals surface area contributed by atoms with Crippen molar-refractivity contribution in [1.29, 1.82) is 0 Å². The highest BCUT2D eigenvalue weighted by molar-refractivity contribution is 5.75. The Morgan fingerprint density at radius 2 is 0.613 bits per heavy atom. The molecule has 0 amide bonds. The van der Waals surface area contributed by atoms with E-state index in [1.165, 1.54) is 75.0 Å². The molecular weight excluding hydrogens is 400 g/mol. The van der Waals surface area contributed by atoms with Gasteiger partial charge in [0, 0.05) is 37.3 Å². The number of rotatable bonds is 0. The van der Waals surface area contributed by atoms with Gasteiger partial charge in [0.05, 0.1) is 24.9 Å². The Bertz CT molecular complexity index is 774. The molecule has 1 aliphatic rings. The lowest BCUT2D eigenvalue weighted by Gasteiger charge is -1.90. The fraction of sp³-hybridized carbons (Fsp3) is 0. The lowest BCUT2D eigenvalue weighted by Crippen LogP contribution is -1.72. The second-order valence-electron chi connectivity index (χ2n) is 4.60. The van der Waals surface area contributed by atoms with Crippen molar-refractivity contribution in [3.05, 3.63) is 112 Å². The van der Waals surface area contributed by atoms with Gasteiger partial charge in [-0.05, 0) is 24.3 Å². The Labute approximate surface area is 180 Å². The zero-order valence-corrected chi connectivity index (χ0v) is 16.5. The molecule has 160 valence electrons. The lowest BCUT2D eigenvalue weighted by atomic mass is 10.6. The fourth-order valence-electron chi connectivity index (χ4n) is 1.29. The molecule has 0 saturated carbocycles. The predicted octanol–water partition coefficient (Wildman–Crippen LogP) is 4.78. The molecule has 0 aromatic heterocycles. The molecule has 0 fully saturated rings. The molecule has 0 spiro atoms. The van der Waals surface area contributed by atoms with Gasteiger partial charge in [-0.2, -0.15) is 0 Å². The van der Waals surface area contributed by atoms with Gasteiger partial charge in [0.15, 0.2) is 0 Å². The van der Waals surface area contributed by atoms with Gasteiger partial charge < -0.3 is 23.7 Å². The molecule has 0 aliphatic carbocycles. The van der Waals surface area contributed by atoms with E-state index >= 15 is 0 Å². The van der Waals surface area contributed by atoms with Crippen LogP contribution in [0.2, 0.25) is 0 Å². The summed E-state index contributed by atoms with van der Waals surface area (Å²) in [7, 11) is 0. The minimum Gasteiger partial charge on any atom is -0.469 e. The van der Waals surface area contributed by atoms with E-state index in [1.54, 1.807) is 61.6 Å². The average molecular weight is 422 g/mol. The average Bonchev–Trinajstić information content (AvgIpc) is 2.78. The monoisotopic (exact) mass is 422 g/mol. The first-order chi connectivity index (χ1) is 15.5. The Hall–Kier alpha value is -4.66. The summed E-state index contributed by atoms with van der Waals surface area (Å²) in [6.45, 7) is 0. The molecule has 0 saturated heterocycles. The maximum atomic E-state index is 5.05. The smallest absolute Gasteiger partial charge is 0.125 e. The topological polar surface area (TPSA) is 95.6 Å². The van der Waals surface area contributed by atoms with Crippen LogP contribution in [0.4, 0.5) is 0 Å². The van der Waals surface area contributed by atoms with E-state index in [-0.39, 0.29) is 0 Å². The molecular formula is C22H22N4O5. The molecule has 0 N–H and O–H groups in total. The van der Waals surface area contributed by atoms with Crippen molar-refractivity contribution in [2.24, 2.45) is 20.0 Å². The van der Waals surface area contributed by atoms with Crippen molar-refractivity contribution in [1.82, 2.24) is 0 Å². The number of nitrogens with zero attached hydrogens (tertiary/aromatic N) is 4. The summed E-state index contributed by atoms with van der Waals surface area (Å²) in [5, 5.41) is 0. The zero-order chi connectivity index (χ0) is 21.9. The van der Waals surface area contributed by atoms with Crippen LogP contribution < -0.4 is 0 Å². The van der Waals surface area contributed by atoms with Crippen molar-refractivity contribution in [2.75, 3.05) is 0 Å². The second-order valence-corrected chi connectivity index (χ2v) is 4.60. The molecule has 1 aliphatic heterocycles. The molecule has 0 radical (unpaired) electrons. The van der Waals surface area contributed by atoms with Gasteiger partial charge >= 0.3 is 0 Å². The lowest BCUT2D eigenvalue weighted by molar-refractivity contribution is 0.322. The Morgan fingerprint density at radius 3 is 1.06 bits per heavy atom. The highest BCUT2D eigenvalue weighted by Gasteiger charge is 1.73. The summed E-state index contributed by atoms with van der Waals surface area (Å²) in [5.74, 6) is 0. The van der Waals surface area contributed by atoms with Gasteiger partial charge in [-0.1, -0.05) is 0 Å². The van der Waals surface area contributed by atoms with Crippen molar-refractivity contribution in [3.63, 3.8) is 0 Å². The Morgan fingerprint density at radius 1 is 0.290 bits per heavy atom. The minimum absolute atomic E-state index is 1.34. The van der Waals surface area contributed by atoms with Gasteiger partial charge in [0.1, 0.15) is 50.1 Å². The van der Waals surface area contributed by atoms with Crippen LogP contribution in [0.15, 0.2) is 132 Å². The fourth-order valence-corrected chi connectivity index (χ4v) is 1.29. The van der Waals surface area contributed by atoms with Crippen LogP contribution in [-0.4, -0.2) is 24.9 Å². The molecule has 0 atom stereocenters. The summed E-state index contributed by atoms with van der Waals surface area (Å²) in [5.41, 5.74) is 0. The van der Waals surface area contributed by atoms with E-state index in [0.29, 0.717) is 0 Å². The predicted molar refractivity (Wildman–Crippen MR) is 122 cm³/mol. The summed E-state index contributed by atoms with van der Waals surface area (Å²) >= 11 is 0. The molecule has 0 aromatic carbocycles. The first-order valence-electron chi connectivity index (χ1n) is 8.76. The first kappa shape index (κ1) is 24.4. The largest absolute Gasteiger partial charge is 0.469 e. The van der Waals surface area contributed by atoms with Crippen LogP contribution >= 0.6 is 0 Å². The van der Waals surface area contributed by atoms with Crippen LogP contribution in [0.5, 0.6) is 0 Å². The van der Waals surface area contributed by atoms with Gasteiger partial charge in [-0.15, -0.1) is 0 Å². The van der Waals surface area contributed by atoms with E-state index in [0.717, 1.165) is 0 Å². The zero-order valence-electron chi connectivity index (χ0n) is 16.5. The molecule has 1 rings (SSSR count). The molecule has 9 nitrogen and oxygen atoms in total. The van der Waals surface area contributed by atoms with Crippen molar-refractivity contribution < 1.29 is 23.7 Å². The second kappa shape index (κ2) is 21.6. The van der Waals surface area contributed by atoms with Crippen molar-refractivity contribution in [2.45, 2.75) is 0 Å². The molecule has 31 heavy (non-hydrogen) atoms. The number of aliphatic imine (C=N–C) groups is 4. The molecule has 0 unspecified atom stereocenters. The quantitative estimate of drug-likeness (QED) is 0.560. The highest BCUT2D eigenvalue weighted by atomic mass is 16.5. The molecule has 9 heteroatoms. The standard InChI is InChI=1S/C22H22N4O5/c1-5-23-9-3-13-27-17-21-31-22-18-28-14-4-10-24-6-2-8-26-12-16-30-20-19-29-15-11-25-7-1/h1-22H/b5-1?,6-2?,13-3-,14-4?,15-11?,16-12?,20-19?,21-17?,22-18?,23-9?,24-10?,25-7?,26-8?. The molecule has 1 heterocycles. The number of hydrogen-bond acceptors (Lipinski definition) is 9. The number of hydrogen-bond donors (Lipinski definition) is 0. The van der Waals surface area contributed by atoms with Gasteiger partial charge in [0.2, 0.25) is 0 Å². The SMILES string of the molecule is C1=CN=CC=COC=COC=CO/C=C\C=NC=CC=NC=COC=COC=CN=C1. The Kier molecular flexibility index (Phi) is 17.0. The van der Waals surface area contributed by atoms with E-state index in [9.17, 15) is 0 Å². The van der Waals surface area contributed by atoms with Gasteiger partial charge in [-0.3, -0.25) is 20.0 Å². The maximum Gasteiger partial charge on any atom is 0.125 e. The van der Waals surface area contributed by atoms with E-state index in [4.69, 9.17) is 23.7 Å². The van der Waals surface area contributed by atoms with Crippen molar-refractivity contribution >= 4 is 24.9 Å². The summed E-state index contributed by atoms with van der Waals surface area (Å²) < 4.78 is 25.2. The third-order valence-electron chi connectivity index (χ3n) is 2.44. The van der Waals surface area contributed by atoms with Crippen molar-refractivity contribution in [3.8, 4) is 0 Å². The van der Waals surface area contributed by atoms with E-state index in [1.807, 2.05) is 0 Å². The summed E-state index contributed by atoms with van der Waals surface area (Å²) in [4.78, 5) is 15.9. The van der Waals surface area contributed by atoms with Crippen LogP contribution in [0.1, 0.15) is 0 Å². The van der Waals surface area contributed by atoms with E-state index in [2.05, 4.69) is 20.0 Å². The highest BCUT2D eigenvalue weighted by Crippen LogP contribution is 1.87. The van der Waals surface area contributed by atoms with Crippen LogP contribution in [0.25, 0.3) is 0 Å². The summed E-state index contributed by atoms with van der Waals surface area (Å²) in [6, 6.07) is 0. The Balaban J connectivity index is 2.53. The van der Waals surface area contributed by atoms with Gasteiger partial charge in [0.25, 0.3) is 0 Å². The number of allylic oxidation sites excluding steroid dienone is 4. The molecule has 0 aromatic rings. The summed E-state index contributed by atoms with van der Waals surface area (Å²) in [6.07, 6.45) is 32.5. The minimum atomic E-state index is 1.34. The number of ether oxygens (including phenoxy) is 5. The maximum absolute atomic E-state index is 5.05. The third kappa shape index (κ3) is 19.9. The van der Waals surface area contributed by atoms with Crippen LogP contribution in [-0.2, 0) is 23.7 Å². The van der Waals surface area contributed by atoms with Gasteiger partial charge in [-0.25, -0.2) is 0 Å². The normalized spacial score (nSPS) is 17.0. The third-order valence-corrected chi connectivity index (χ3v) is 2.44.